The molecule has 2 nitrogen and oxygen atoms in total. The monoisotopic (exact) mass is 326 g/mol. The molecule has 0 aliphatic carbocycles. The fourth-order valence-electron chi connectivity index (χ4n) is 3.08. The van der Waals surface area contributed by atoms with Gasteiger partial charge in [-0.2, -0.15) is 0 Å². The molecule has 1 aliphatic heterocycles. The highest BCUT2D eigenvalue weighted by Crippen LogP contribution is 2.24. The van der Waals surface area contributed by atoms with Gasteiger partial charge in [0.1, 0.15) is 0 Å². The van der Waals surface area contributed by atoms with Gasteiger partial charge in [-0.1, -0.05) is 36.4 Å². The second-order valence-corrected chi connectivity index (χ2v) is 7.33. The van der Waals surface area contributed by atoms with E-state index in [2.05, 4.69) is 53.4 Å². The van der Waals surface area contributed by atoms with Crippen LogP contribution in [0, 0.1) is 0 Å². The third kappa shape index (κ3) is 4.84. The Labute approximate surface area is 144 Å². The molecule has 1 aliphatic rings. The zero-order chi connectivity index (χ0) is 15.9. The molecule has 0 unspecified atom stereocenters. The molecule has 2 aromatic rings. The summed E-state index contributed by atoms with van der Waals surface area (Å²) in [7, 11) is 0. The molecule has 23 heavy (non-hydrogen) atoms. The highest BCUT2D eigenvalue weighted by atomic mass is 32.2. The predicted octanol–water partition coefficient (Wildman–Crippen LogP) is 4.04. The lowest BCUT2D eigenvalue weighted by Gasteiger charge is -2.14. The zero-order valence-corrected chi connectivity index (χ0v) is 14.5. The Hall–Kier alpha value is -1.29. The van der Waals surface area contributed by atoms with Gasteiger partial charge in [-0.05, 0) is 61.2 Å². The van der Waals surface area contributed by atoms with E-state index in [-0.39, 0.29) is 0 Å². The third-order valence-electron chi connectivity index (χ3n) is 4.44. The Balaban J connectivity index is 1.57. The normalized spacial score (nSPS) is 15.2. The molecule has 2 aromatic carbocycles. The summed E-state index contributed by atoms with van der Waals surface area (Å²) in [5.74, 6) is 0.977. The van der Waals surface area contributed by atoms with E-state index in [4.69, 9.17) is 5.73 Å². The van der Waals surface area contributed by atoms with E-state index < -0.39 is 0 Å². The molecule has 1 heterocycles. The topological polar surface area (TPSA) is 29.3 Å². The van der Waals surface area contributed by atoms with Gasteiger partial charge < -0.3 is 10.6 Å². The molecule has 0 aromatic heterocycles. The minimum Gasteiger partial charge on any atom is -0.330 e. The lowest BCUT2D eigenvalue weighted by molar-refractivity contribution is 0.343. The van der Waals surface area contributed by atoms with Crippen LogP contribution in [0.15, 0.2) is 53.4 Å². The van der Waals surface area contributed by atoms with Gasteiger partial charge in [-0.15, -0.1) is 11.8 Å². The highest BCUT2D eigenvalue weighted by Gasteiger charge is 2.10. The molecule has 0 bridgehead atoms. The van der Waals surface area contributed by atoms with Crippen molar-refractivity contribution in [3.05, 3.63) is 54.1 Å². The fraction of sp³-hybridized carbons (Fsp3) is 0.400. The van der Waals surface area contributed by atoms with Crippen LogP contribution in [0.25, 0.3) is 11.1 Å². The lowest BCUT2D eigenvalue weighted by atomic mass is 10.0. The summed E-state index contributed by atoms with van der Waals surface area (Å²) < 4.78 is 0. The minimum atomic E-state index is 0.727. The summed E-state index contributed by atoms with van der Waals surface area (Å²) in [6.45, 7) is 4.50. The highest BCUT2D eigenvalue weighted by molar-refractivity contribution is 7.99. The molecule has 3 rings (SSSR count). The van der Waals surface area contributed by atoms with Gasteiger partial charge in [0.15, 0.2) is 0 Å². The molecule has 3 heteroatoms. The van der Waals surface area contributed by atoms with Gasteiger partial charge in [-0.25, -0.2) is 0 Å². The quantitative estimate of drug-likeness (QED) is 0.779. The molecule has 0 atom stereocenters. The summed E-state index contributed by atoms with van der Waals surface area (Å²) in [6, 6.07) is 17.9. The molecule has 0 amide bonds. The van der Waals surface area contributed by atoms with E-state index in [0.29, 0.717) is 0 Å². The van der Waals surface area contributed by atoms with Crippen LogP contribution in [0.5, 0.6) is 0 Å². The fourth-order valence-corrected chi connectivity index (χ4v) is 3.76. The Morgan fingerprint density at radius 3 is 2.09 bits per heavy atom. The first-order valence-corrected chi connectivity index (χ1v) is 9.58. The van der Waals surface area contributed by atoms with Crippen molar-refractivity contribution in [3.63, 3.8) is 0 Å². The Morgan fingerprint density at radius 1 is 0.870 bits per heavy atom. The summed E-state index contributed by atoms with van der Waals surface area (Å²) in [5.41, 5.74) is 9.57. The van der Waals surface area contributed by atoms with E-state index in [1.165, 1.54) is 54.1 Å². The minimum absolute atomic E-state index is 0.727. The molecule has 1 saturated heterocycles. The van der Waals surface area contributed by atoms with E-state index >= 15 is 0 Å². The molecular formula is C20H26N2S. The Morgan fingerprint density at radius 2 is 1.48 bits per heavy atom. The number of rotatable bonds is 7. The maximum atomic E-state index is 5.55. The summed E-state index contributed by atoms with van der Waals surface area (Å²) >= 11 is 1.82. The van der Waals surface area contributed by atoms with Gasteiger partial charge in [-0.3, -0.25) is 0 Å². The first-order valence-electron chi connectivity index (χ1n) is 8.60. The van der Waals surface area contributed by atoms with E-state index in [1.807, 2.05) is 11.8 Å². The first-order chi connectivity index (χ1) is 11.3. The van der Waals surface area contributed by atoms with Crippen LogP contribution in [0.1, 0.15) is 18.4 Å². The number of hydrogen-bond acceptors (Lipinski definition) is 3. The summed E-state index contributed by atoms with van der Waals surface area (Å²) in [6.07, 6.45) is 3.91. The SMILES string of the molecule is NCCSc1ccc(-c2ccc(CCN3CCCC3)cc2)cc1. The Kier molecular flexibility index (Phi) is 6.14. The average Bonchev–Trinajstić information content (AvgIpc) is 3.13. The molecule has 122 valence electrons. The van der Waals surface area contributed by atoms with Crippen LogP contribution in [-0.4, -0.2) is 36.8 Å². The van der Waals surface area contributed by atoms with E-state index in [9.17, 15) is 0 Å². The first kappa shape index (κ1) is 16.6. The Bertz CT molecular complexity index is 586. The smallest absolute Gasteiger partial charge is 0.0103 e. The summed E-state index contributed by atoms with van der Waals surface area (Å²) in [5, 5.41) is 0. The van der Waals surface area contributed by atoms with Crippen LogP contribution in [0.3, 0.4) is 0 Å². The van der Waals surface area contributed by atoms with Crippen molar-refractivity contribution in [2.24, 2.45) is 5.73 Å². The molecule has 0 saturated carbocycles. The zero-order valence-electron chi connectivity index (χ0n) is 13.7. The average molecular weight is 327 g/mol. The van der Waals surface area contributed by atoms with Gasteiger partial charge in [0, 0.05) is 23.7 Å². The number of nitrogens with zero attached hydrogens (tertiary/aromatic N) is 1. The predicted molar refractivity (Wildman–Crippen MR) is 101 cm³/mol. The van der Waals surface area contributed by atoms with Gasteiger partial charge in [0.05, 0.1) is 0 Å². The van der Waals surface area contributed by atoms with Crippen molar-refractivity contribution >= 4 is 11.8 Å². The number of hydrogen-bond donors (Lipinski definition) is 1. The van der Waals surface area contributed by atoms with E-state index in [0.717, 1.165) is 18.7 Å². The van der Waals surface area contributed by atoms with Crippen molar-refractivity contribution in [1.82, 2.24) is 4.90 Å². The molecule has 1 fully saturated rings. The van der Waals surface area contributed by atoms with Gasteiger partial charge in [0.25, 0.3) is 0 Å². The van der Waals surface area contributed by atoms with Gasteiger partial charge >= 0.3 is 0 Å². The molecular weight excluding hydrogens is 300 g/mol. The number of nitrogens with two attached hydrogens (primary N) is 1. The van der Waals surface area contributed by atoms with E-state index in [1.54, 1.807) is 0 Å². The van der Waals surface area contributed by atoms with Crippen molar-refractivity contribution in [1.29, 1.82) is 0 Å². The maximum absolute atomic E-state index is 5.55. The number of likely N-dealkylation sites (tertiary alicyclic amines) is 1. The molecule has 0 radical (unpaired) electrons. The van der Waals surface area contributed by atoms with Crippen molar-refractivity contribution in [2.75, 3.05) is 31.9 Å². The second kappa shape index (κ2) is 8.53. The number of benzene rings is 2. The van der Waals surface area contributed by atoms with Gasteiger partial charge in [0.2, 0.25) is 0 Å². The van der Waals surface area contributed by atoms with Crippen LogP contribution < -0.4 is 5.73 Å². The van der Waals surface area contributed by atoms with Crippen molar-refractivity contribution < 1.29 is 0 Å². The standard InChI is InChI=1S/C20H26N2S/c21-12-16-23-20-9-7-19(8-10-20)18-5-3-17(4-6-18)11-15-22-13-1-2-14-22/h3-10H,1-2,11-16,21H2. The second-order valence-electron chi connectivity index (χ2n) is 6.16. The van der Waals surface area contributed by atoms with Crippen LogP contribution >= 0.6 is 11.8 Å². The third-order valence-corrected chi connectivity index (χ3v) is 5.49. The number of thioether (sulfide) groups is 1. The maximum Gasteiger partial charge on any atom is 0.0103 e. The van der Waals surface area contributed by atoms with Crippen molar-refractivity contribution in [3.8, 4) is 11.1 Å². The largest absolute Gasteiger partial charge is 0.330 e. The summed E-state index contributed by atoms with van der Waals surface area (Å²) in [4.78, 5) is 3.87. The molecule has 0 spiro atoms. The van der Waals surface area contributed by atoms with Crippen LogP contribution in [0.4, 0.5) is 0 Å². The van der Waals surface area contributed by atoms with Crippen LogP contribution in [0.2, 0.25) is 0 Å². The van der Waals surface area contributed by atoms with Crippen molar-refractivity contribution in [2.45, 2.75) is 24.2 Å². The lowest BCUT2D eigenvalue weighted by Crippen LogP contribution is -2.21. The molecule has 2 N–H and O–H groups in total. The van der Waals surface area contributed by atoms with Crippen LogP contribution in [-0.2, 0) is 6.42 Å².